The van der Waals surface area contributed by atoms with Crippen LogP contribution >= 0.6 is 23.4 Å². The molecule has 0 aliphatic rings. The molecule has 1 aromatic carbocycles. The number of alkyl halides is 3. The summed E-state index contributed by atoms with van der Waals surface area (Å²) in [7, 11) is 1.42. The van der Waals surface area contributed by atoms with Crippen LogP contribution in [-0.4, -0.2) is 28.6 Å². The SMILES string of the molecule is Cc1cc(C(F)(F)F)c(C#N)c(SCC(=O)N(C)Cc2c(F)cccc2Cl)n1. The van der Waals surface area contributed by atoms with E-state index in [2.05, 4.69) is 4.98 Å². The fraction of sp³-hybridized carbons (Fsp3) is 0.278. The van der Waals surface area contributed by atoms with Crippen LogP contribution in [0.3, 0.4) is 0 Å². The lowest BCUT2D eigenvalue weighted by Crippen LogP contribution is -2.28. The van der Waals surface area contributed by atoms with E-state index >= 15 is 0 Å². The quantitative estimate of drug-likeness (QED) is 0.503. The average molecular weight is 432 g/mol. The first-order chi connectivity index (χ1) is 13.0. The highest BCUT2D eigenvalue weighted by molar-refractivity contribution is 8.00. The Balaban J connectivity index is 2.17. The number of hydrogen-bond acceptors (Lipinski definition) is 4. The summed E-state index contributed by atoms with van der Waals surface area (Å²) in [6.07, 6.45) is -4.71. The highest BCUT2D eigenvalue weighted by Gasteiger charge is 2.35. The van der Waals surface area contributed by atoms with E-state index in [1.54, 1.807) is 0 Å². The Morgan fingerprint density at radius 1 is 1.39 bits per heavy atom. The number of nitriles is 1. The van der Waals surface area contributed by atoms with Crippen LogP contribution in [0.1, 0.15) is 22.4 Å². The summed E-state index contributed by atoms with van der Waals surface area (Å²) in [5, 5.41) is 9.11. The molecule has 0 atom stereocenters. The third-order valence-corrected chi connectivity index (χ3v) is 5.06. The molecule has 148 valence electrons. The number of rotatable bonds is 5. The van der Waals surface area contributed by atoms with Crippen molar-refractivity contribution in [2.45, 2.75) is 24.7 Å². The minimum Gasteiger partial charge on any atom is -0.341 e. The van der Waals surface area contributed by atoms with E-state index in [1.165, 1.54) is 43.1 Å². The maximum Gasteiger partial charge on any atom is 0.417 e. The van der Waals surface area contributed by atoms with Gasteiger partial charge in [0.1, 0.15) is 16.9 Å². The van der Waals surface area contributed by atoms with Crippen molar-refractivity contribution in [1.29, 1.82) is 5.26 Å². The minimum absolute atomic E-state index is 0.0766. The van der Waals surface area contributed by atoms with Crippen molar-refractivity contribution in [3.8, 4) is 6.07 Å². The molecule has 28 heavy (non-hydrogen) atoms. The number of amides is 1. The van der Waals surface area contributed by atoms with Gasteiger partial charge >= 0.3 is 6.18 Å². The summed E-state index contributed by atoms with van der Waals surface area (Å²) >= 11 is 6.65. The van der Waals surface area contributed by atoms with Crippen molar-refractivity contribution in [3.05, 3.63) is 57.5 Å². The van der Waals surface area contributed by atoms with Gasteiger partial charge in [-0.2, -0.15) is 18.4 Å². The molecule has 2 rings (SSSR count). The van der Waals surface area contributed by atoms with Crippen LogP contribution < -0.4 is 0 Å². The van der Waals surface area contributed by atoms with Crippen LogP contribution in [0.2, 0.25) is 5.02 Å². The number of hydrogen-bond donors (Lipinski definition) is 0. The average Bonchev–Trinajstić information content (AvgIpc) is 2.61. The first-order valence-electron chi connectivity index (χ1n) is 7.83. The highest BCUT2D eigenvalue weighted by Crippen LogP contribution is 2.35. The number of nitrogens with zero attached hydrogens (tertiary/aromatic N) is 3. The number of thioether (sulfide) groups is 1. The predicted molar refractivity (Wildman–Crippen MR) is 97.3 cm³/mol. The van der Waals surface area contributed by atoms with Crippen LogP contribution in [0, 0.1) is 24.1 Å². The van der Waals surface area contributed by atoms with E-state index < -0.39 is 29.0 Å². The second-order valence-corrected chi connectivity index (χ2v) is 7.21. The van der Waals surface area contributed by atoms with Crippen molar-refractivity contribution in [1.82, 2.24) is 9.88 Å². The molecule has 0 fully saturated rings. The number of carbonyl (C=O) groups is 1. The van der Waals surface area contributed by atoms with E-state index in [9.17, 15) is 22.4 Å². The molecule has 0 N–H and O–H groups in total. The van der Waals surface area contributed by atoms with E-state index in [4.69, 9.17) is 16.9 Å². The molecule has 0 aliphatic carbocycles. The fourth-order valence-electron chi connectivity index (χ4n) is 2.33. The normalized spacial score (nSPS) is 11.2. The van der Waals surface area contributed by atoms with Gasteiger partial charge in [0.05, 0.1) is 16.9 Å². The Kier molecular flexibility index (Phi) is 6.91. The molecule has 0 spiro atoms. The molecule has 0 aliphatic heterocycles. The van der Waals surface area contributed by atoms with Crippen molar-refractivity contribution in [3.63, 3.8) is 0 Å². The van der Waals surface area contributed by atoms with Gasteiger partial charge in [-0.25, -0.2) is 9.37 Å². The molecule has 0 radical (unpaired) electrons. The number of aromatic nitrogens is 1. The minimum atomic E-state index is -4.71. The van der Waals surface area contributed by atoms with E-state index in [0.29, 0.717) is 0 Å². The fourth-order valence-corrected chi connectivity index (χ4v) is 3.54. The van der Waals surface area contributed by atoms with Crippen molar-refractivity contribution >= 4 is 29.3 Å². The first kappa shape index (κ1) is 22.0. The summed E-state index contributed by atoms with van der Waals surface area (Å²) in [5.74, 6) is -1.32. The zero-order chi connectivity index (χ0) is 21.1. The van der Waals surface area contributed by atoms with Gasteiger partial charge in [-0.3, -0.25) is 4.79 Å². The molecule has 0 bridgehead atoms. The third kappa shape index (κ3) is 5.14. The predicted octanol–water partition coefficient (Wildman–Crippen LogP) is 4.82. The molecule has 0 saturated carbocycles. The Hall–Kier alpha value is -2.31. The van der Waals surface area contributed by atoms with Crippen LogP contribution in [0.15, 0.2) is 29.3 Å². The molecular weight excluding hydrogens is 418 g/mol. The Morgan fingerprint density at radius 3 is 2.64 bits per heavy atom. The van der Waals surface area contributed by atoms with E-state index in [0.717, 1.165) is 17.8 Å². The van der Waals surface area contributed by atoms with Gasteiger partial charge in [0.15, 0.2) is 0 Å². The molecule has 10 heteroatoms. The highest BCUT2D eigenvalue weighted by atomic mass is 35.5. The van der Waals surface area contributed by atoms with Gasteiger partial charge in [0.25, 0.3) is 0 Å². The van der Waals surface area contributed by atoms with Gasteiger partial charge in [0.2, 0.25) is 5.91 Å². The lowest BCUT2D eigenvalue weighted by molar-refractivity contribution is -0.138. The molecular formula is C18H14ClF4N3OS. The Labute approximate surface area is 168 Å². The maximum atomic E-state index is 13.8. The number of benzene rings is 1. The lowest BCUT2D eigenvalue weighted by Gasteiger charge is -2.18. The zero-order valence-electron chi connectivity index (χ0n) is 14.8. The number of carbonyl (C=O) groups excluding carboxylic acids is 1. The molecule has 0 unspecified atom stereocenters. The van der Waals surface area contributed by atoms with E-state index in [1.807, 2.05) is 0 Å². The summed E-state index contributed by atoms with van der Waals surface area (Å²) in [6.45, 7) is 1.26. The van der Waals surface area contributed by atoms with Gasteiger partial charge in [0, 0.05) is 29.9 Å². The number of pyridine rings is 1. The van der Waals surface area contributed by atoms with Crippen molar-refractivity contribution in [2.24, 2.45) is 0 Å². The second kappa shape index (κ2) is 8.80. The smallest absolute Gasteiger partial charge is 0.341 e. The summed E-state index contributed by atoms with van der Waals surface area (Å²) < 4.78 is 53.2. The van der Waals surface area contributed by atoms with Crippen LogP contribution in [-0.2, 0) is 17.5 Å². The topological polar surface area (TPSA) is 57.0 Å². The number of aryl methyl sites for hydroxylation is 1. The molecule has 1 aromatic heterocycles. The van der Waals surface area contributed by atoms with Gasteiger partial charge in [-0.05, 0) is 25.1 Å². The first-order valence-corrected chi connectivity index (χ1v) is 9.19. The lowest BCUT2D eigenvalue weighted by atomic mass is 10.1. The number of halogens is 5. The summed E-state index contributed by atoms with van der Waals surface area (Å²) in [5.41, 5.74) is -1.51. The van der Waals surface area contributed by atoms with Crippen molar-refractivity contribution < 1.29 is 22.4 Å². The standard InChI is InChI=1S/C18H14ClF4N3OS/c1-10-6-13(18(21,22)23)11(7-24)17(25-10)28-9-16(27)26(2)8-12-14(19)4-3-5-15(12)20/h3-6H,8-9H2,1-2H3. The van der Waals surface area contributed by atoms with Crippen LogP contribution in [0.25, 0.3) is 0 Å². The van der Waals surface area contributed by atoms with Crippen molar-refractivity contribution in [2.75, 3.05) is 12.8 Å². The monoisotopic (exact) mass is 431 g/mol. The largest absolute Gasteiger partial charge is 0.417 e. The summed E-state index contributed by atoms with van der Waals surface area (Å²) in [4.78, 5) is 17.5. The van der Waals surface area contributed by atoms with Crippen LogP contribution in [0.5, 0.6) is 0 Å². The molecule has 0 saturated heterocycles. The van der Waals surface area contributed by atoms with Gasteiger partial charge in [-0.15, -0.1) is 0 Å². The van der Waals surface area contributed by atoms with E-state index in [-0.39, 0.29) is 33.6 Å². The zero-order valence-corrected chi connectivity index (χ0v) is 16.3. The van der Waals surface area contributed by atoms with Crippen LogP contribution in [0.4, 0.5) is 17.6 Å². The Morgan fingerprint density at radius 2 is 2.07 bits per heavy atom. The molecule has 4 nitrogen and oxygen atoms in total. The third-order valence-electron chi connectivity index (χ3n) is 3.75. The molecule has 1 amide bonds. The van der Waals surface area contributed by atoms with Gasteiger partial charge in [-0.1, -0.05) is 29.4 Å². The maximum absolute atomic E-state index is 13.8. The molecule has 1 heterocycles. The second-order valence-electron chi connectivity index (χ2n) is 5.84. The summed E-state index contributed by atoms with van der Waals surface area (Å²) in [6, 6.07) is 6.43. The van der Waals surface area contributed by atoms with Gasteiger partial charge < -0.3 is 4.90 Å². The Bertz CT molecular complexity index is 923. The molecule has 2 aromatic rings.